The summed E-state index contributed by atoms with van der Waals surface area (Å²) in [5.74, 6) is 0.433. The van der Waals surface area contributed by atoms with Crippen LogP contribution in [0.4, 0.5) is 0 Å². The van der Waals surface area contributed by atoms with Gasteiger partial charge in [0, 0.05) is 37.3 Å². The third kappa shape index (κ3) is 7.16. The molecule has 0 aromatic heterocycles. The Bertz CT molecular complexity index is 1150. The molecule has 11 heteroatoms. The third-order valence-electron chi connectivity index (χ3n) is 5.24. The first-order chi connectivity index (χ1) is 16.2. The molecule has 3 rings (SSSR count). The predicted octanol–water partition coefficient (Wildman–Crippen LogP) is 2.65. The molecule has 1 aliphatic rings. The lowest BCUT2D eigenvalue weighted by molar-refractivity contribution is -0.135. The van der Waals surface area contributed by atoms with E-state index in [9.17, 15) is 13.2 Å². The number of carbonyl (C=O) groups excluding carboxylic acids is 1. The summed E-state index contributed by atoms with van der Waals surface area (Å²) in [7, 11) is -1.92. The highest BCUT2D eigenvalue weighted by molar-refractivity contribution is 7.91. The average Bonchev–Trinajstić information content (AvgIpc) is 3.33. The molecule has 0 unspecified atom stereocenters. The lowest BCUT2D eigenvalue weighted by Crippen LogP contribution is -2.32. The molecular formula is C23H28Cl2N4O4S. The first kappa shape index (κ1) is 26.4. The minimum atomic E-state index is -3.63. The van der Waals surface area contributed by atoms with Gasteiger partial charge in [0.2, 0.25) is 5.91 Å². The van der Waals surface area contributed by atoms with E-state index < -0.39 is 9.84 Å². The molecule has 2 aromatic rings. The van der Waals surface area contributed by atoms with Crippen LogP contribution < -0.4 is 10.6 Å². The van der Waals surface area contributed by atoms with Gasteiger partial charge in [-0.15, -0.1) is 0 Å². The number of aliphatic imine (C=N–C) groups is 1. The standard InChI is InChI=1S/C23H28Cl2N4O4S/c1-16-11-21(20(25)12-19(16)24)34(31,32)15-26-9-10-33-14-22(30)29(2)13-17-3-5-18(6-4-17)23-27-7-8-28-23/h3-6,11-12,26H,7-10,13-15H2,1-2H3,(H,27,28). The van der Waals surface area contributed by atoms with E-state index in [0.717, 1.165) is 30.1 Å². The van der Waals surface area contributed by atoms with Gasteiger partial charge >= 0.3 is 0 Å². The number of rotatable bonds is 11. The van der Waals surface area contributed by atoms with Gasteiger partial charge in [0.15, 0.2) is 9.84 Å². The molecule has 0 bridgehead atoms. The SMILES string of the molecule is Cc1cc(S(=O)(=O)CNCCOCC(=O)N(C)Cc2ccc(C3=NCCN3)cc2)c(Cl)cc1Cl. The summed E-state index contributed by atoms with van der Waals surface area (Å²) in [5, 5.41) is 6.54. The van der Waals surface area contributed by atoms with Crippen LogP contribution in [0, 0.1) is 6.92 Å². The molecule has 0 atom stereocenters. The van der Waals surface area contributed by atoms with Gasteiger partial charge in [-0.05, 0) is 30.2 Å². The second-order valence-electron chi connectivity index (χ2n) is 7.95. The number of nitrogens with one attached hydrogen (secondary N) is 2. The van der Waals surface area contributed by atoms with Crippen LogP contribution in [0.15, 0.2) is 46.3 Å². The Labute approximate surface area is 210 Å². The number of aryl methyl sites for hydroxylation is 1. The Kier molecular flexibility index (Phi) is 9.32. The highest BCUT2D eigenvalue weighted by Gasteiger charge is 2.19. The summed E-state index contributed by atoms with van der Waals surface area (Å²) in [4.78, 5) is 18.3. The predicted molar refractivity (Wildman–Crippen MR) is 134 cm³/mol. The van der Waals surface area contributed by atoms with E-state index in [1.807, 2.05) is 24.3 Å². The van der Waals surface area contributed by atoms with Crippen LogP contribution >= 0.6 is 23.2 Å². The maximum absolute atomic E-state index is 12.5. The van der Waals surface area contributed by atoms with Gasteiger partial charge in [0.1, 0.15) is 18.3 Å². The van der Waals surface area contributed by atoms with Crippen molar-refractivity contribution in [1.82, 2.24) is 15.5 Å². The van der Waals surface area contributed by atoms with Gasteiger partial charge in [0.05, 0.1) is 23.1 Å². The number of hydrogen-bond acceptors (Lipinski definition) is 7. The molecule has 1 amide bonds. The van der Waals surface area contributed by atoms with Crippen molar-refractivity contribution in [2.75, 3.05) is 45.8 Å². The van der Waals surface area contributed by atoms with E-state index >= 15 is 0 Å². The summed E-state index contributed by atoms with van der Waals surface area (Å²) < 4.78 is 30.4. The minimum absolute atomic E-state index is 0.0295. The van der Waals surface area contributed by atoms with Crippen molar-refractivity contribution in [3.8, 4) is 0 Å². The van der Waals surface area contributed by atoms with E-state index in [0.29, 0.717) is 17.1 Å². The zero-order valence-electron chi connectivity index (χ0n) is 19.1. The topological polar surface area (TPSA) is 100 Å². The quantitative estimate of drug-likeness (QED) is 0.436. The van der Waals surface area contributed by atoms with E-state index in [-0.39, 0.29) is 41.5 Å². The fourth-order valence-electron chi connectivity index (χ4n) is 3.29. The molecule has 34 heavy (non-hydrogen) atoms. The monoisotopic (exact) mass is 526 g/mol. The van der Waals surface area contributed by atoms with E-state index in [1.165, 1.54) is 12.1 Å². The second kappa shape index (κ2) is 12.0. The molecular weight excluding hydrogens is 499 g/mol. The summed E-state index contributed by atoms with van der Waals surface area (Å²) >= 11 is 12.0. The van der Waals surface area contributed by atoms with Crippen molar-refractivity contribution in [2.24, 2.45) is 4.99 Å². The molecule has 0 spiro atoms. The molecule has 1 heterocycles. The molecule has 2 N–H and O–H groups in total. The lowest BCUT2D eigenvalue weighted by atomic mass is 10.1. The average molecular weight is 527 g/mol. The minimum Gasteiger partial charge on any atom is -0.370 e. The zero-order chi connectivity index (χ0) is 24.7. The lowest BCUT2D eigenvalue weighted by Gasteiger charge is -2.17. The number of hydrogen-bond donors (Lipinski definition) is 2. The first-order valence-electron chi connectivity index (χ1n) is 10.8. The number of likely N-dealkylation sites (N-methyl/N-ethyl adjacent to an activating group) is 1. The Morgan fingerprint density at radius 2 is 1.94 bits per heavy atom. The van der Waals surface area contributed by atoms with Crippen molar-refractivity contribution in [1.29, 1.82) is 0 Å². The molecule has 0 saturated carbocycles. The molecule has 1 aliphatic heterocycles. The number of benzene rings is 2. The van der Waals surface area contributed by atoms with Crippen LogP contribution in [0.5, 0.6) is 0 Å². The molecule has 2 aromatic carbocycles. The summed E-state index contributed by atoms with van der Waals surface area (Å²) in [6.45, 7) is 4.18. The van der Waals surface area contributed by atoms with Gasteiger partial charge in [-0.2, -0.15) is 0 Å². The Balaban J connectivity index is 1.36. The number of halogens is 2. The highest BCUT2D eigenvalue weighted by atomic mass is 35.5. The van der Waals surface area contributed by atoms with Gasteiger partial charge in [-0.3, -0.25) is 9.79 Å². The highest BCUT2D eigenvalue weighted by Crippen LogP contribution is 2.28. The number of carbonyl (C=O) groups is 1. The normalized spacial score (nSPS) is 13.5. The van der Waals surface area contributed by atoms with Crippen LogP contribution in [0.25, 0.3) is 0 Å². The third-order valence-corrected chi connectivity index (χ3v) is 7.66. The maximum atomic E-state index is 12.5. The molecule has 8 nitrogen and oxygen atoms in total. The van der Waals surface area contributed by atoms with Crippen LogP contribution in [0.3, 0.4) is 0 Å². The smallest absolute Gasteiger partial charge is 0.248 e. The van der Waals surface area contributed by atoms with Crippen LogP contribution in [0.1, 0.15) is 16.7 Å². The number of nitrogens with zero attached hydrogens (tertiary/aromatic N) is 2. The van der Waals surface area contributed by atoms with Crippen LogP contribution in [-0.2, 0) is 25.9 Å². The molecule has 184 valence electrons. The van der Waals surface area contributed by atoms with Gasteiger partial charge in [-0.25, -0.2) is 8.42 Å². The molecule has 0 radical (unpaired) electrons. The van der Waals surface area contributed by atoms with Crippen molar-refractivity contribution in [2.45, 2.75) is 18.4 Å². The number of ether oxygens (including phenoxy) is 1. The zero-order valence-corrected chi connectivity index (χ0v) is 21.4. The van der Waals surface area contributed by atoms with E-state index in [1.54, 1.807) is 18.9 Å². The number of amides is 1. The molecule has 0 saturated heterocycles. The van der Waals surface area contributed by atoms with Crippen molar-refractivity contribution in [3.63, 3.8) is 0 Å². The summed E-state index contributed by atoms with van der Waals surface area (Å²) in [6, 6.07) is 10.8. The van der Waals surface area contributed by atoms with Crippen LogP contribution in [0.2, 0.25) is 10.0 Å². The summed E-state index contributed by atoms with van der Waals surface area (Å²) in [6.07, 6.45) is 0. The van der Waals surface area contributed by atoms with Crippen molar-refractivity contribution >= 4 is 44.8 Å². The van der Waals surface area contributed by atoms with Gasteiger partial charge < -0.3 is 20.3 Å². The van der Waals surface area contributed by atoms with E-state index in [4.69, 9.17) is 27.9 Å². The van der Waals surface area contributed by atoms with Crippen LogP contribution in [-0.4, -0.2) is 70.8 Å². The maximum Gasteiger partial charge on any atom is 0.248 e. The van der Waals surface area contributed by atoms with Crippen molar-refractivity contribution in [3.05, 3.63) is 63.1 Å². The summed E-state index contributed by atoms with van der Waals surface area (Å²) in [5.41, 5.74) is 2.66. The molecule has 0 fully saturated rings. The second-order valence-corrected chi connectivity index (χ2v) is 10.7. The number of amidine groups is 1. The Morgan fingerprint density at radius 1 is 1.21 bits per heavy atom. The first-order valence-corrected chi connectivity index (χ1v) is 13.2. The fourth-order valence-corrected chi connectivity index (χ4v) is 5.31. The Morgan fingerprint density at radius 3 is 2.62 bits per heavy atom. The molecule has 0 aliphatic carbocycles. The van der Waals surface area contributed by atoms with Gasteiger partial charge in [-0.1, -0.05) is 47.5 Å². The number of sulfone groups is 1. The van der Waals surface area contributed by atoms with E-state index in [2.05, 4.69) is 15.6 Å². The fraction of sp³-hybridized carbons (Fsp3) is 0.391. The largest absolute Gasteiger partial charge is 0.370 e. The van der Waals surface area contributed by atoms with Crippen molar-refractivity contribution < 1.29 is 17.9 Å². The van der Waals surface area contributed by atoms with Gasteiger partial charge in [0.25, 0.3) is 0 Å². The Hall–Kier alpha value is -2.17.